The van der Waals surface area contributed by atoms with Crippen LogP contribution in [0.25, 0.3) is 0 Å². The number of nitrogens with two attached hydrogens (primary N) is 1. The first-order valence-corrected chi connectivity index (χ1v) is 6.92. The van der Waals surface area contributed by atoms with E-state index in [2.05, 4.69) is 57.0 Å². The van der Waals surface area contributed by atoms with E-state index in [1.807, 2.05) is 0 Å². The summed E-state index contributed by atoms with van der Waals surface area (Å²) in [5.41, 5.74) is 9.57. The summed E-state index contributed by atoms with van der Waals surface area (Å²) >= 11 is 0. The van der Waals surface area contributed by atoms with Crippen molar-refractivity contribution < 1.29 is 0 Å². The Kier molecular flexibility index (Phi) is 3.79. The van der Waals surface area contributed by atoms with E-state index in [-0.39, 0.29) is 6.04 Å². The lowest BCUT2D eigenvalue weighted by molar-refractivity contribution is 0.140. The van der Waals surface area contributed by atoms with E-state index in [0.717, 1.165) is 13.0 Å². The van der Waals surface area contributed by atoms with Gasteiger partial charge in [0.25, 0.3) is 0 Å². The first-order valence-electron chi connectivity index (χ1n) is 6.92. The third-order valence-corrected chi connectivity index (χ3v) is 3.83. The molecule has 0 saturated carbocycles. The molecule has 0 aliphatic heterocycles. The molecule has 2 unspecified atom stereocenters. The van der Waals surface area contributed by atoms with Crippen LogP contribution in [0.3, 0.4) is 0 Å². The minimum Gasteiger partial charge on any atom is -0.323 e. The predicted molar refractivity (Wildman–Crippen MR) is 77.6 cm³/mol. The second-order valence-electron chi connectivity index (χ2n) is 6.81. The predicted octanol–water partition coefficient (Wildman–Crippen LogP) is 2.98. The van der Waals surface area contributed by atoms with Crippen molar-refractivity contribution in [1.82, 2.24) is 4.90 Å². The number of aryl methyl sites for hydroxylation is 1. The number of rotatable bonds is 2. The average molecular weight is 246 g/mol. The van der Waals surface area contributed by atoms with Crippen LogP contribution in [-0.2, 0) is 6.42 Å². The van der Waals surface area contributed by atoms with Gasteiger partial charge in [0.05, 0.1) is 0 Å². The molecular formula is C16H26N2. The molecule has 2 atom stereocenters. The van der Waals surface area contributed by atoms with Crippen LogP contribution < -0.4 is 5.73 Å². The monoisotopic (exact) mass is 246 g/mol. The Morgan fingerprint density at radius 2 is 1.94 bits per heavy atom. The fourth-order valence-electron chi connectivity index (χ4n) is 3.14. The summed E-state index contributed by atoms with van der Waals surface area (Å²) in [6.45, 7) is 7.94. The van der Waals surface area contributed by atoms with Gasteiger partial charge in [-0.3, -0.25) is 0 Å². The highest BCUT2D eigenvalue weighted by atomic mass is 15.2. The number of likely N-dealkylation sites (N-methyl/N-ethyl adjacent to an activating group) is 1. The summed E-state index contributed by atoms with van der Waals surface area (Å²) in [7, 11) is 2.21. The largest absolute Gasteiger partial charge is 0.323 e. The van der Waals surface area contributed by atoms with Gasteiger partial charge in [-0.15, -0.1) is 0 Å². The van der Waals surface area contributed by atoms with Crippen molar-refractivity contribution in [3.05, 3.63) is 35.4 Å². The van der Waals surface area contributed by atoms with Crippen LogP contribution >= 0.6 is 0 Å². The Morgan fingerprint density at radius 3 is 2.61 bits per heavy atom. The van der Waals surface area contributed by atoms with Crippen LogP contribution in [0.1, 0.15) is 44.4 Å². The first-order chi connectivity index (χ1) is 8.38. The molecule has 18 heavy (non-hydrogen) atoms. The summed E-state index contributed by atoms with van der Waals surface area (Å²) in [4.78, 5) is 2.45. The molecule has 0 heterocycles. The van der Waals surface area contributed by atoms with Gasteiger partial charge in [0.2, 0.25) is 0 Å². The van der Waals surface area contributed by atoms with E-state index in [4.69, 9.17) is 5.73 Å². The van der Waals surface area contributed by atoms with Gasteiger partial charge in [-0.2, -0.15) is 0 Å². The van der Waals surface area contributed by atoms with Crippen molar-refractivity contribution in [2.45, 2.75) is 45.7 Å². The zero-order chi connectivity index (χ0) is 13.3. The summed E-state index contributed by atoms with van der Waals surface area (Å²) < 4.78 is 0. The molecule has 0 amide bonds. The van der Waals surface area contributed by atoms with E-state index in [1.54, 1.807) is 0 Å². The Hall–Kier alpha value is -0.860. The topological polar surface area (TPSA) is 29.3 Å². The second-order valence-corrected chi connectivity index (χ2v) is 6.81. The molecule has 2 heteroatoms. The minimum atomic E-state index is 0.155. The highest BCUT2D eigenvalue weighted by Gasteiger charge is 2.30. The Morgan fingerprint density at radius 1 is 1.28 bits per heavy atom. The van der Waals surface area contributed by atoms with Crippen molar-refractivity contribution in [3.8, 4) is 0 Å². The Balaban J connectivity index is 2.14. The molecule has 0 bridgehead atoms. The second kappa shape index (κ2) is 5.02. The van der Waals surface area contributed by atoms with E-state index in [0.29, 0.717) is 11.5 Å². The van der Waals surface area contributed by atoms with E-state index in [9.17, 15) is 0 Å². The SMILES string of the molecule is CN(CC(C)(C)C)C1CCc2ccccc2C1N. The van der Waals surface area contributed by atoms with Crippen LogP contribution in [0.5, 0.6) is 0 Å². The third-order valence-electron chi connectivity index (χ3n) is 3.83. The lowest BCUT2D eigenvalue weighted by atomic mass is 9.83. The molecule has 0 radical (unpaired) electrons. The maximum Gasteiger partial charge on any atom is 0.0455 e. The number of hydrogen-bond acceptors (Lipinski definition) is 2. The minimum absolute atomic E-state index is 0.155. The maximum atomic E-state index is 6.47. The van der Waals surface area contributed by atoms with Gasteiger partial charge in [0.1, 0.15) is 0 Å². The molecule has 0 saturated heterocycles. The molecule has 2 N–H and O–H groups in total. The summed E-state index contributed by atoms with van der Waals surface area (Å²) in [5.74, 6) is 0. The fourth-order valence-corrected chi connectivity index (χ4v) is 3.14. The highest BCUT2D eigenvalue weighted by molar-refractivity contribution is 5.33. The number of hydrogen-bond donors (Lipinski definition) is 1. The van der Waals surface area contributed by atoms with Crippen molar-refractivity contribution in [3.63, 3.8) is 0 Å². The lowest BCUT2D eigenvalue weighted by Gasteiger charge is -2.40. The van der Waals surface area contributed by atoms with Gasteiger partial charge in [0.15, 0.2) is 0 Å². The normalized spacial score (nSPS) is 24.1. The molecule has 2 rings (SSSR count). The average Bonchev–Trinajstić information content (AvgIpc) is 2.27. The molecule has 1 aromatic carbocycles. The van der Waals surface area contributed by atoms with Crippen LogP contribution in [0.2, 0.25) is 0 Å². The van der Waals surface area contributed by atoms with E-state index < -0.39 is 0 Å². The molecule has 1 aromatic rings. The number of nitrogens with zero attached hydrogens (tertiary/aromatic N) is 1. The van der Waals surface area contributed by atoms with Crippen LogP contribution in [0.4, 0.5) is 0 Å². The summed E-state index contributed by atoms with van der Waals surface area (Å²) in [6.07, 6.45) is 2.33. The lowest BCUT2D eigenvalue weighted by Crippen LogP contribution is -2.46. The molecule has 1 aliphatic rings. The Bertz CT molecular complexity index is 406. The molecule has 0 fully saturated rings. The number of fused-ring (bicyclic) bond motifs is 1. The van der Waals surface area contributed by atoms with E-state index in [1.165, 1.54) is 17.5 Å². The Labute approximate surface area is 111 Å². The van der Waals surface area contributed by atoms with Gasteiger partial charge >= 0.3 is 0 Å². The van der Waals surface area contributed by atoms with Crippen molar-refractivity contribution >= 4 is 0 Å². The van der Waals surface area contributed by atoms with Crippen molar-refractivity contribution in [1.29, 1.82) is 0 Å². The van der Waals surface area contributed by atoms with Crippen LogP contribution in [0, 0.1) is 5.41 Å². The molecule has 100 valence electrons. The fraction of sp³-hybridized carbons (Fsp3) is 0.625. The quantitative estimate of drug-likeness (QED) is 0.869. The zero-order valence-electron chi connectivity index (χ0n) is 12.1. The van der Waals surface area contributed by atoms with Gasteiger partial charge in [-0.25, -0.2) is 0 Å². The van der Waals surface area contributed by atoms with Crippen molar-refractivity contribution in [2.24, 2.45) is 11.1 Å². The first kappa shape index (κ1) is 13.6. The molecule has 1 aliphatic carbocycles. The highest BCUT2D eigenvalue weighted by Crippen LogP contribution is 2.31. The summed E-state index contributed by atoms with van der Waals surface area (Å²) in [5, 5.41) is 0. The van der Waals surface area contributed by atoms with Gasteiger partial charge in [0, 0.05) is 18.6 Å². The summed E-state index contributed by atoms with van der Waals surface area (Å²) in [6, 6.07) is 9.25. The van der Waals surface area contributed by atoms with Crippen molar-refractivity contribution in [2.75, 3.05) is 13.6 Å². The van der Waals surface area contributed by atoms with Crippen LogP contribution in [0.15, 0.2) is 24.3 Å². The van der Waals surface area contributed by atoms with Crippen LogP contribution in [-0.4, -0.2) is 24.5 Å². The van der Waals surface area contributed by atoms with Gasteiger partial charge in [-0.05, 0) is 36.4 Å². The van der Waals surface area contributed by atoms with Gasteiger partial charge in [-0.1, -0.05) is 45.0 Å². The third kappa shape index (κ3) is 2.93. The molecule has 0 aromatic heterocycles. The number of benzene rings is 1. The zero-order valence-corrected chi connectivity index (χ0v) is 12.1. The molecule has 0 spiro atoms. The van der Waals surface area contributed by atoms with Gasteiger partial charge < -0.3 is 10.6 Å². The standard InChI is InChI=1S/C16H26N2/c1-16(2,3)11-18(4)14-10-9-12-7-5-6-8-13(12)15(14)17/h5-8,14-15H,9-11,17H2,1-4H3. The molecule has 2 nitrogen and oxygen atoms in total. The van der Waals surface area contributed by atoms with E-state index >= 15 is 0 Å². The molecular weight excluding hydrogens is 220 g/mol. The smallest absolute Gasteiger partial charge is 0.0455 e. The maximum absolute atomic E-state index is 6.47.